The van der Waals surface area contributed by atoms with Crippen molar-refractivity contribution in [2.75, 3.05) is 11.9 Å². The Morgan fingerprint density at radius 2 is 1.83 bits per heavy atom. The van der Waals surface area contributed by atoms with Crippen molar-refractivity contribution in [2.24, 2.45) is 5.92 Å². The van der Waals surface area contributed by atoms with Crippen molar-refractivity contribution in [3.63, 3.8) is 0 Å². The number of nitrogens with one attached hydrogen (secondary N) is 2. The van der Waals surface area contributed by atoms with Crippen LogP contribution in [0, 0.1) is 11.7 Å². The van der Waals surface area contributed by atoms with E-state index < -0.39 is 36.2 Å². The van der Waals surface area contributed by atoms with Gasteiger partial charge in [-0.15, -0.1) is 0 Å². The van der Waals surface area contributed by atoms with E-state index in [-0.39, 0.29) is 22.3 Å². The standard InChI is InChI=1S/C19H18Cl2FN3O4/c1-10(2)16(25-18(27)11-3-5-13(22)6-4-11)19(28)29-9-15(26)24-17-14(21)7-12(20)8-23-17/h3-8,10,16H,9H2,1-2H3,(H,25,27)(H,23,24,26)/t16-/m0/s1. The lowest BCUT2D eigenvalue weighted by Gasteiger charge is -2.20. The van der Waals surface area contributed by atoms with Crippen molar-refractivity contribution in [1.29, 1.82) is 0 Å². The van der Waals surface area contributed by atoms with Gasteiger partial charge in [0.05, 0.1) is 10.0 Å². The maximum atomic E-state index is 13.0. The average molecular weight is 442 g/mol. The normalized spacial score (nSPS) is 11.7. The zero-order chi connectivity index (χ0) is 21.6. The summed E-state index contributed by atoms with van der Waals surface area (Å²) in [6, 6.07) is 5.26. The summed E-state index contributed by atoms with van der Waals surface area (Å²) in [5.74, 6) is -2.75. The lowest BCUT2D eigenvalue weighted by atomic mass is 10.0. The van der Waals surface area contributed by atoms with Gasteiger partial charge in [-0.3, -0.25) is 9.59 Å². The fraction of sp³-hybridized carbons (Fsp3) is 0.263. The zero-order valence-electron chi connectivity index (χ0n) is 15.5. The molecule has 2 amide bonds. The second kappa shape index (κ2) is 10.2. The van der Waals surface area contributed by atoms with Gasteiger partial charge >= 0.3 is 5.97 Å². The highest BCUT2D eigenvalue weighted by Gasteiger charge is 2.27. The number of benzene rings is 1. The predicted molar refractivity (Wildman–Crippen MR) is 106 cm³/mol. The molecule has 7 nitrogen and oxygen atoms in total. The second-order valence-corrected chi connectivity index (χ2v) is 7.19. The fourth-order valence-electron chi connectivity index (χ4n) is 2.22. The van der Waals surface area contributed by atoms with Crippen molar-refractivity contribution >= 4 is 46.8 Å². The maximum Gasteiger partial charge on any atom is 0.329 e. The number of rotatable bonds is 7. The van der Waals surface area contributed by atoms with E-state index >= 15 is 0 Å². The summed E-state index contributed by atoms with van der Waals surface area (Å²) in [6.45, 7) is 2.80. The summed E-state index contributed by atoms with van der Waals surface area (Å²) in [7, 11) is 0. The zero-order valence-corrected chi connectivity index (χ0v) is 17.1. The van der Waals surface area contributed by atoms with Gasteiger partial charge in [-0.25, -0.2) is 14.2 Å². The van der Waals surface area contributed by atoms with E-state index in [1.165, 1.54) is 24.4 Å². The van der Waals surface area contributed by atoms with Crippen molar-refractivity contribution < 1.29 is 23.5 Å². The van der Waals surface area contributed by atoms with E-state index in [1.807, 2.05) is 0 Å². The Hall–Kier alpha value is -2.71. The number of amides is 2. The summed E-state index contributed by atoms with van der Waals surface area (Å²) in [5, 5.41) is 5.35. The summed E-state index contributed by atoms with van der Waals surface area (Å²) in [6.07, 6.45) is 1.30. The van der Waals surface area contributed by atoms with E-state index in [1.54, 1.807) is 13.8 Å². The monoisotopic (exact) mass is 441 g/mol. The van der Waals surface area contributed by atoms with Crippen LogP contribution < -0.4 is 10.6 Å². The number of halogens is 3. The maximum absolute atomic E-state index is 13.0. The van der Waals surface area contributed by atoms with Gasteiger partial charge in [0.25, 0.3) is 11.8 Å². The first kappa shape index (κ1) is 22.6. The molecule has 0 unspecified atom stereocenters. The van der Waals surface area contributed by atoms with E-state index in [0.29, 0.717) is 5.02 Å². The fourth-order valence-corrected chi connectivity index (χ4v) is 2.65. The van der Waals surface area contributed by atoms with Crippen molar-refractivity contribution in [1.82, 2.24) is 10.3 Å². The number of carbonyl (C=O) groups excluding carboxylic acids is 3. The molecule has 0 bridgehead atoms. The van der Waals surface area contributed by atoms with E-state index in [2.05, 4.69) is 15.6 Å². The van der Waals surface area contributed by atoms with Gasteiger partial charge in [-0.05, 0) is 36.2 Å². The summed E-state index contributed by atoms with van der Waals surface area (Å²) >= 11 is 11.6. The number of aromatic nitrogens is 1. The Morgan fingerprint density at radius 3 is 2.41 bits per heavy atom. The van der Waals surface area contributed by atoms with Gasteiger partial charge in [0, 0.05) is 11.8 Å². The molecule has 0 fully saturated rings. The summed E-state index contributed by atoms with van der Waals surface area (Å²) in [4.78, 5) is 40.4. The molecular weight excluding hydrogens is 424 g/mol. The van der Waals surface area contributed by atoms with Gasteiger partial charge in [-0.1, -0.05) is 37.0 Å². The largest absolute Gasteiger partial charge is 0.454 e. The molecule has 1 aromatic heterocycles. The van der Waals surface area contributed by atoms with Crippen LogP contribution in [-0.2, 0) is 14.3 Å². The van der Waals surface area contributed by atoms with Crippen LogP contribution in [-0.4, -0.2) is 35.4 Å². The quantitative estimate of drug-likeness (QED) is 0.641. The predicted octanol–water partition coefficient (Wildman–Crippen LogP) is 3.46. The average Bonchev–Trinajstić information content (AvgIpc) is 2.66. The highest BCUT2D eigenvalue weighted by atomic mass is 35.5. The molecule has 0 spiro atoms. The minimum Gasteiger partial charge on any atom is -0.454 e. The molecule has 1 heterocycles. The number of carbonyl (C=O) groups is 3. The first-order valence-electron chi connectivity index (χ1n) is 8.51. The van der Waals surface area contributed by atoms with E-state index in [0.717, 1.165) is 12.1 Å². The molecular formula is C19H18Cl2FN3O4. The molecule has 1 atom stereocenters. The van der Waals surface area contributed by atoms with Crippen molar-refractivity contribution in [3.05, 3.63) is 58.0 Å². The van der Waals surface area contributed by atoms with Gasteiger partial charge in [-0.2, -0.15) is 0 Å². The first-order valence-corrected chi connectivity index (χ1v) is 9.27. The Balaban J connectivity index is 1.94. The molecule has 2 N–H and O–H groups in total. The van der Waals surface area contributed by atoms with Crippen LogP contribution >= 0.6 is 23.2 Å². The van der Waals surface area contributed by atoms with Crippen LogP contribution in [0.3, 0.4) is 0 Å². The van der Waals surface area contributed by atoms with Gasteiger partial charge in [0.2, 0.25) is 0 Å². The van der Waals surface area contributed by atoms with Crippen LogP contribution in [0.4, 0.5) is 10.2 Å². The number of nitrogens with zero attached hydrogens (tertiary/aromatic N) is 1. The molecule has 0 aliphatic heterocycles. The van der Waals surface area contributed by atoms with Crippen LogP contribution in [0.15, 0.2) is 36.5 Å². The van der Waals surface area contributed by atoms with Crippen LogP contribution in [0.1, 0.15) is 24.2 Å². The molecule has 2 aromatic rings. The third kappa shape index (κ3) is 6.69. The molecule has 1 aromatic carbocycles. The number of ether oxygens (including phenoxy) is 1. The Bertz CT molecular complexity index is 907. The molecule has 0 saturated carbocycles. The van der Waals surface area contributed by atoms with Crippen molar-refractivity contribution in [3.8, 4) is 0 Å². The Labute approximate surface area is 176 Å². The topological polar surface area (TPSA) is 97.4 Å². The molecule has 154 valence electrons. The van der Waals surface area contributed by atoms with Crippen LogP contribution in [0.5, 0.6) is 0 Å². The summed E-state index contributed by atoms with van der Waals surface area (Å²) < 4.78 is 18.0. The summed E-state index contributed by atoms with van der Waals surface area (Å²) in [5.41, 5.74) is 0.186. The number of anilines is 1. The van der Waals surface area contributed by atoms with Gasteiger partial charge in [0.1, 0.15) is 11.9 Å². The molecule has 0 aliphatic rings. The smallest absolute Gasteiger partial charge is 0.329 e. The number of hydrogen-bond donors (Lipinski definition) is 2. The molecule has 0 saturated heterocycles. The molecule has 0 radical (unpaired) electrons. The number of hydrogen-bond acceptors (Lipinski definition) is 5. The molecule has 2 rings (SSSR count). The molecule has 0 aliphatic carbocycles. The first-order chi connectivity index (χ1) is 13.7. The third-order valence-electron chi connectivity index (χ3n) is 3.72. The Morgan fingerprint density at radius 1 is 1.17 bits per heavy atom. The lowest BCUT2D eigenvalue weighted by molar-refractivity contribution is -0.150. The number of esters is 1. The van der Waals surface area contributed by atoms with Crippen LogP contribution in [0.25, 0.3) is 0 Å². The minimum absolute atomic E-state index is 0.0714. The van der Waals surface area contributed by atoms with E-state index in [9.17, 15) is 18.8 Å². The van der Waals surface area contributed by atoms with Gasteiger partial charge < -0.3 is 15.4 Å². The SMILES string of the molecule is CC(C)[C@H](NC(=O)c1ccc(F)cc1)C(=O)OCC(=O)Nc1ncc(Cl)cc1Cl. The van der Waals surface area contributed by atoms with E-state index in [4.69, 9.17) is 27.9 Å². The van der Waals surface area contributed by atoms with Crippen LogP contribution in [0.2, 0.25) is 10.0 Å². The lowest BCUT2D eigenvalue weighted by Crippen LogP contribution is -2.45. The van der Waals surface area contributed by atoms with Crippen molar-refractivity contribution in [2.45, 2.75) is 19.9 Å². The Kier molecular flexibility index (Phi) is 7.92. The molecule has 29 heavy (non-hydrogen) atoms. The molecule has 10 heteroatoms. The third-order valence-corrected chi connectivity index (χ3v) is 4.22. The van der Waals surface area contributed by atoms with Gasteiger partial charge in [0.15, 0.2) is 12.4 Å². The highest BCUT2D eigenvalue weighted by molar-refractivity contribution is 6.36. The number of pyridine rings is 1. The highest BCUT2D eigenvalue weighted by Crippen LogP contribution is 2.22. The minimum atomic E-state index is -1.00. The second-order valence-electron chi connectivity index (χ2n) is 6.34.